The van der Waals surface area contributed by atoms with E-state index >= 15 is 0 Å². The molecule has 6 atom stereocenters. The van der Waals surface area contributed by atoms with Crippen LogP contribution in [0.25, 0.3) is 0 Å². The van der Waals surface area contributed by atoms with Gasteiger partial charge < -0.3 is 102 Å². The van der Waals surface area contributed by atoms with Crippen molar-refractivity contribution in [2.45, 2.75) is 36.6 Å². The van der Waals surface area contributed by atoms with Gasteiger partial charge in [0.05, 0.1) is 23.9 Å². The van der Waals surface area contributed by atoms with Crippen LogP contribution in [0.2, 0.25) is 0 Å². The van der Waals surface area contributed by atoms with Crippen molar-refractivity contribution in [2.24, 2.45) is 0 Å². The Labute approximate surface area is 258 Å². The van der Waals surface area contributed by atoms with Crippen LogP contribution in [0, 0.1) is 0 Å². The van der Waals surface area contributed by atoms with Crippen LogP contribution in [-0.4, -0.2) is 160 Å². The maximum absolute atomic E-state index is 9.77. The Morgan fingerprint density at radius 1 is 0.417 bits per heavy atom. The first-order valence-corrected chi connectivity index (χ1v) is 6.77. The number of aliphatic carboxylic acids is 6. The van der Waals surface area contributed by atoms with Gasteiger partial charge in [0, 0.05) is 0 Å². The van der Waals surface area contributed by atoms with Crippen molar-refractivity contribution < 1.29 is 163 Å². The molecule has 36 heavy (non-hydrogen) atoms. The minimum atomic E-state index is -2.44. The molecule has 0 aliphatic heterocycles. The van der Waals surface area contributed by atoms with E-state index in [0.717, 1.165) is 0 Å². The van der Waals surface area contributed by atoms with Crippen molar-refractivity contribution >= 4 is 60.2 Å². The molecule has 0 heterocycles. The Morgan fingerprint density at radius 3 is 0.583 bits per heavy atom. The minimum Gasteiger partial charge on any atom is -0.547 e. The molecule has 16 N–H and O–H groups in total. The Hall–Kier alpha value is -1.13. The second-order valence-electron chi connectivity index (χ2n) is 4.62. The molecule has 0 bridgehead atoms. The molecule has 2 radical (unpaired) electrons. The van der Waals surface area contributed by atoms with Gasteiger partial charge >= 0.3 is 87.8 Å². The van der Waals surface area contributed by atoms with E-state index in [0.29, 0.717) is 0 Å². The minimum absolute atomic E-state index is 0. The van der Waals surface area contributed by atoms with Crippen LogP contribution in [0.15, 0.2) is 0 Å². The summed E-state index contributed by atoms with van der Waals surface area (Å²) >= 11 is 0. The molecule has 0 aromatic heterocycles. The molecule has 208 valence electrons. The summed E-state index contributed by atoms with van der Waals surface area (Å²) in [5.41, 5.74) is 0. The number of aliphatic hydroxyl groups excluding tert-OH is 6. The second-order valence-corrected chi connectivity index (χ2v) is 4.62. The molecule has 24 heteroatoms. The van der Waals surface area contributed by atoms with Crippen LogP contribution < -0.4 is 71.8 Å². The molecule has 22 nitrogen and oxygen atoms in total. The van der Waals surface area contributed by atoms with Gasteiger partial charge in [-0.3, -0.25) is 0 Å². The van der Waals surface area contributed by atoms with E-state index < -0.39 is 72.4 Å². The normalized spacial score (nSPS) is 13.2. The van der Waals surface area contributed by atoms with Crippen LogP contribution >= 0.6 is 0 Å². The average Bonchev–Trinajstić information content (AvgIpc) is 2.64. The van der Waals surface area contributed by atoms with Crippen molar-refractivity contribution in [3.8, 4) is 0 Å². The van der Waals surface area contributed by atoms with E-state index in [9.17, 15) is 49.2 Å². The summed E-state index contributed by atoms with van der Waals surface area (Å²) in [6, 6.07) is 0. The van der Waals surface area contributed by atoms with E-state index in [1.165, 1.54) is 0 Å². The first-order valence-electron chi connectivity index (χ1n) is 6.77. The van der Waals surface area contributed by atoms with E-state index in [4.69, 9.17) is 40.9 Å². The monoisotopic (exact) mass is 678 g/mol. The number of aliphatic hydroxyl groups is 6. The maximum Gasteiger partial charge on any atom is 3.00 e. The van der Waals surface area contributed by atoms with Crippen molar-refractivity contribution in [1.29, 1.82) is 0 Å². The topological polar surface area (TPSA) is 482 Å². The molecular formula is C12H22KO22Sb. The van der Waals surface area contributed by atoms with Gasteiger partial charge in [0.2, 0.25) is 0 Å². The fraction of sp³-hybridized carbons (Fsp3) is 0.500. The van der Waals surface area contributed by atoms with E-state index in [2.05, 4.69) is 0 Å². The van der Waals surface area contributed by atoms with Crippen LogP contribution in [0.4, 0.5) is 0 Å². The third-order valence-electron chi connectivity index (χ3n) is 2.37. The molecule has 0 fully saturated rings. The van der Waals surface area contributed by atoms with Gasteiger partial charge in [-0.1, -0.05) is 0 Å². The zero-order chi connectivity index (χ0) is 24.9. The molecule has 0 aromatic rings. The fourth-order valence-corrected chi connectivity index (χ4v) is 0.786. The van der Waals surface area contributed by atoms with E-state index in [-0.39, 0.29) is 97.7 Å². The predicted octanol–water partition coefficient (Wildman–Crippen LogP) is -18.4. The molecule has 0 spiro atoms. The molecule has 0 aliphatic rings. The van der Waals surface area contributed by atoms with Gasteiger partial charge in [0.25, 0.3) is 0 Å². The van der Waals surface area contributed by atoms with Gasteiger partial charge in [-0.05, 0) is 0 Å². The molecular weight excluding hydrogens is 657 g/mol. The standard InChI is InChI=1S/3C4H6O6.K.4H2O.Sb/c3*5-1(3(7)8)2(6)4(9)10;;;;;;/h3*1-2,5-6H,(H,7,8)(H,9,10);;4*1H2;/q;;;+1;;;;;+3/p-4. The van der Waals surface area contributed by atoms with Gasteiger partial charge in [-0.15, -0.1) is 0 Å². The third-order valence-corrected chi connectivity index (χ3v) is 2.37. The van der Waals surface area contributed by atoms with Crippen LogP contribution in [0.5, 0.6) is 0 Å². The van der Waals surface area contributed by atoms with Gasteiger partial charge in [0.1, 0.15) is 24.4 Å². The summed E-state index contributed by atoms with van der Waals surface area (Å²) in [5.74, 6) is -11.8. The Bertz CT molecular complexity index is 503. The van der Waals surface area contributed by atoms with Crippen molar-refractivity contribution in [3.05, 3.63) is 0 Å². The molecule has 0 aliphatic carbocycles. The first kappa shape index (κ1) is 59.8. The summed E-state index contributed by atoms with van der Waals surface area (Å²) in [6.07, 6.45) is -14.3. The van der Waals surface area contributed by atoms with Gasteiger partial charge in [0.15, 0.2) is 12.2 Å². The Kier molecular flexibility index (Phi) is 50.0. The fourth-order valence-electron chi connectivity index (χ4n) is 0.786. The van der Waals surface area contributed by atoms with Crippen LogP contribution in [0.3, 0.4) is 0 Å². The number of carbonyl (C=O) groups is 6. The van der Waals surface area contributed by atoms with E-state index in [1.807, 2.05) is 0 Å². The zero-order valence-corrected chi connectivity index (χ0v) is 23.2. The SMILES string of the molecule is O.O.O.O.O=C(O)C(O)C(O)C(=O)O.O=C([O-])C(O)C(O)C(=O)[O-].O=C([O-])C(O)C(O)C(=O)[O-].[K+].[Sb+3]. The van der Waals surface area contributed by atoms with Gasteiger partial charge in [-0.25, -0.2) is 9.59 Å². The molecule has 0 saturated carbocycles. The summed E-state index contributed by atoms with van der Waals surface area (Å²) < 4.78 is 0. The van der Waals surface area contributed by atoms with E-state index in [1.54, 1.807) is 0 Å². The number of hydrogen-bond donors (Lipinski definition) is 8. The second kappa shape index (κ2) is 30.1. The summed E-state index contributed by atoms with van der Waals surface area (Å²) in [5, 5.41) is 104. The number of hydrogen-bond acceptors (Lipinski definition) is 16. The summed E-state index contributed by atoms with van der Waals surface area (Å²) in [6.45, 7) is 0. The number of carboxylic acids is 6. The Morgan fingerprint density at radius 2 is 0.528 bits per heavy atom. The molecule has 0 saturated heterocycles. The summed E-state index contributed by atoms with van der Waals surface area (Å²) in [4.78, 5) is 58.1. The zero-order valence-electron chi connectivity index (χ0n) is 17.6. The predicted molar refractivity (Wildman–Crippen MR) is 91.5 cm³/mol. The number of carbonyl (C=O) groups excluding carboxylic acids is 4. The number of carboxylic acid groups (broad SMARTS) is 6. The summed E-state index contributed by atoms with van der Waals surface area (Å²) in [7, 11) is 0. The third kappa shape index (κ3) is 27.5. The molecule has 0 rings (SSSR count). The van der Waals surface area contributed by atoms with Crippen molar-refractivity contribution in [1.82, 2.24) is 0 Å². The average molecular weight is 679 g/mol. The van der Waals surface area contributed by atoms with Crippen molar-refractivity contribution in [3.63, 3.8) is 0 Å². The largest absolute Gasteiger partial charge is 3.00 e. The van der Waals surface area contributed by atoms with Crippen molar-refractivity contribution in [2.75, 3.05) is 0 Å². The Balaban J connectivity index is -0.0000000401. The molecule has 6 unspecified atom stereocenters. The smallest absolute Gasteiger partial charge is 0.547 e. The van der Waals surface area contributed by atoms with Crippen LogP contribution in [-0.2, 0) is 28.8 Å². The van der Waals surface area contributed by atoms with Crippen LogP contribution in [0.1, 0.15) is 0 Å². The molecule has 0 amide bonds. The quantitative estimate of drug-likeness (QED) is 0.105. The number of rotatable bonds is 9. The maximum atomic E-state index is 9.77. The first-order chi connectivity index (χ1) is 13.4. The molecule has 0 aromatic carbocycles. The van der Waals surface area contributed by atoms with Gasteiger partial charge in [-0.2, -0.15) is 0 Å².